The van der Waals surface area contributed by atoms with Gasteiger partial charge in [-0.3, -0.25) is 0 Å². The van der Waals surface area contributed by atoms with Gasteiger partial charge in [0.1, 0.15) is 11.1 Å². The van der Waals surface area contributed by atoms with Gasteiger partial charge in [0.15, 0.2) is 5.75 Å². The Hall–Kier alpha value is -3.17. The fourth-order valence-electron chi connectivity index (χ4n) is 4.03. The molecule has 3 aromatic rings. The number of esters is 1. The normalized spacial score (nSPS) is 15.4. The zero-order valence-corrected chi connectivity index (χ0v) is 22.6. The summed E-state index contributed by atoms with van der Waals surface area (Å²) in [6.07, 6.45) is 3.53. The van der Waals surface area contributed by atoms with Gasteiger partial charge in [0.25, 0.3) is 0 Å². The number of alkyl halides is 1. The summed E-state index contributed by atoms with van der Waals surface area (Å²) in [6.45, 7) is -0.177. The lowest BCUT2D eigenvalue weighted by atomic mass is 10.0. The summed E-state index contributed by atoms with van der Waals surface area (Å²) < 4.78 is 47.3. The minimum Gasteiger partial charge on any atom is -0.505 e. The van der Waals surface area contributed by atoms with E-state index >= 15 is 0 Å². The van der Waals surface area contributed by atoms with Gasteiger partial charge in [0.2, 0.25) is 10.0 Å². The lowest BCUT2D eigenvalue weighted by molar-refractivity contribution is 0.0600. The molecule has 198 valence electrons. The number of phenols is 1. The Bertz CT molecular complexity index is 1520. The minimum atomic E-state index is -4.41. The highest BCUT2D eigenvalue weighted by atomic mass is 35.5. The number of allylic oxidation sites excluding steroid dienone is 2. The second-order valence-corrected chi connectivity index (χ2v) is 11.4. The first kappa shape index (κ1) is 27.9. The molecule has 1 aliphatic rings. The van der Waals surface area contributed by atoms with Crippen LogP contribution in [0.3, 0.4) is 0 Å². The Kier molecular flexibility index (Phi) is 8.57. The summed E-state index contributed by atoms with van der Waals surface area (Å²) in [4.78, 5) is 11.6. The molecule has 10 heteroatoms. The maximum absolute atomic E-state index is 13.9. The van der Waals surface area contributed by atoms with Crippen molar-refractivity contribution in [3.8, 4) is 16.9 Å². The van der Waals surface area contributed by atoms with E-state index in [1.54, 1.807) is 30.4 Å². The minimum absolute atomic E-state index is 0.0759. The summed E-state index contributed by atoms with van der Waals surface area (Å²) in [5.74, 6) is -1.49. The highest BCUT2D eigenvalue weighted by molar-refractivity contribution is 7.89. The van der Waals surface area contributed by atoms with Crippen LogP contribution < -0.4 is 0 Å². The summed E-state index contributed by atoms with van der Waals surface area (Å²) in [5, 5.41) is 10.9. The van der Waals surface area contributed by atoms with Gasteiger partial charge in [-0.25, -0.2) is 17.6 Å². The number of methoxy groups -OCH3 is 1. The predicted molar refractivity (Wildman–Crippen MR) is 146 cm³/mol. The highest BCUT2D eigenvalue weighted by Gasteiger charge is 2.31. The SMILES string of the molecule is COC(=O)c1cc(Cl)c(O)c(S(=O)(=O)N(CC2=CCC(F)C=C2)Cc2cccc(-c3ccc(Cl)cc3)c2)c1. The molecule has 38 heavy (non-hydrogen) atoms. The molecular weight excluding hydrogens is 552 g/mol. The number of nitrogens with zero attached hydrogens (tertiary/aromatic N) is 1. The van der Waals surface area contributed by atoms with Crippen LogP contribution in [-0.4, -0.2) is 43.6 Å². The van der Waals surface area contributed by atoms with Gasteiger partial charge >= 0.3 is 5.97 Å². The smallest absolute Gasteiger partial charge is 0.337 e. The van der Waals surface area contributed by atoms with E-state index in [-0.39, 0.29) is 30.1 Å². The highest BCUT2D eigenvalue weighted by Crippen LogP contribution is 2.36. The number of ether oxygens (including phenoxy) is 1. The molecule has 0 bridgehead atoms. The van der Waals surface area contributed by atoms with Crippen LogP contribution in [0.2, 0.25) is 10.0 Å². The van der Waals surface area contributed by atoms with Crippen molar-refractivity contribution in [1.29, 1.82) is 0 Å². The largest absolute Gasteiger partial charge is 0.505 e. The number of carbonyl (C=O) groups excluding carboxylic acids is 1. The molecule has 0 fully saturated rings. The van der Waals surface area contributed by atoms with Gasteiger partial charge in [-0.2, -0.15) is 4.31 Å². The fourth-order valence-corrected chi connectivity index (χ4v) is 5.97. The fraction of sp³-hybridized carbons (Fsp3) is 0.179. The molecule has 0 aliphatic heterocycles. The van der Waals surface area contributed by atoms with Gasteiger partial charge in [-0.1, -0.05) is 71.8 Å². The van der Waals surface area contributed by atoms with Crippen LogP contribution in [0.15, 0.2) is 89.4 Å². The Morgan fingerprint density at radius 2 is 1.82 bits per heavy atom. The molecule has 4 rings (SSSR count). The van der Waals surface area contributed by atoms with E-state index in [0.717, 1.165) is 34.7 Å². The van der Waals surface area contributed by atoms with Crippen LogP contribution in [0.4, 0.5) is 4.39 Å². The second-order valence-electron chi connectivity index (χ2n) is 8.67. The molecule has 1 N–H and O–H groups in total. The number of phenolic OH excluding ortho intramolecular Hbond substituents is 1. The second kappa shape index (κ2) is 11.7. The number of hydrogen-bond donors (Lipinski definition) is 1. The topological polar surface area (TPSA) is 83.9 Å². The molecule has 0 spiro atoms. The van der Waals surface area contributed by atoms with Gasteiger partial charge in [-0.15, -0.1) is 0 Å². The van der Waals surface area contributed by atoms with Gasteiger partial charge in [-0.05, 0) is 52.6 Å². The number of rotatable bonds is 8. The van der Waals surface area contributed by atoms with E-state index in [0.29, 0.717) is 16.2 Å². The van der Waals surface area contributed by atoms with E-state index in [1.807, 2.05) is 30.3 Å². The van der Waals surface area contributed by atoms with E-state index in [4.69, 9.17) is 27.9 Å². The third kappa shape index (κ3) is 6.27. The third-order valence-corrected chi connectivity index (χ3v) is 8.36. The Labute approximate surface area is 230 Å². The zero-order chi connectivity index (χ0) is 27.4. The Balaban J connectivity index is 1.76. The third-order valence-electron chi connectivity index (χ3n) is 6.01. The van der Waals surface area contributed by atoms with E-state index in [9.17, 15) is 22.7 Å². The monoisotopic (exact) mass is 575 g/mol. The molecule has 1 atom stereocenters. The van der Waals surface area contributed by atoms with Crippen LogP contribution in [0.1, 0.15) is 22.3 Å². The molecule has 0 radical (unpaired) electrons. The van der Waals surface area contributed by atoms with Crippen molar-refractivity contribution in [2.45, 2.75) is 24.0 Å². The average Bonchev–Trinajstić information content (AvgIpc) is 2.91. The first-order valence-electron chi connectivity index (χ1n) is 11.6. The average molecular weight is 576 g/mol. The molecule has 0 saturated heterocycles. The maximum Gasteiger partial charge on any atom is 0.337 e. The number of halogens is 3. The molecule has 0 aromatic heterocycles. The van der Waals surface area contributed by atoms with Crippen molar-refractivity contribution >= 4 is 39.2 Å². The summed E-state index contributed by atoms with van der Waals surface area (Å²) in [7, 11) is -3.26. The molecule has 3 aromatic carbocycles. The summed E-state index contributed by atoms with van der Waals surface area (Å²) >= 11 is 12.1. The Morgan fingerprint density at radius 1 is 1.08 bits per heavy atom. The number of benzene rings is 3. The van der Waals surface area contributed by atoms with Crippen LogP contribution in [-0.2, 0) is 21.3 Å². The number of carbonyl (C=O) groups is 1. The molecule has 0 amide bonds. The predicted octanol–water partition coefficient (Wildman–Crippen LogP) is 6.57. The van der Waals surface area contributed by atoms with Crippen molar-refractivity contribution < 1.29 is 27.4 Å². The zero-order valence-electron chi connectivity index (χ0n) is 20.3. The van der Waals surface area contributed by atoms with Crippen LogP contribution >= 0.6 is 23.2 Å². The van der Waals surface area contributed by atoms with Crippen molar-refractivity contribution in [3.63, 3.8) is 0 Å². The lowest BCUT2D eigenvalue weighted by Crippen LogP contribution is -2.33. The van der Waals surface area contributed by atoms with Gasteiger partial charge < -0.3 is 9.84 Å². The Morgan fingerprint density at radius 3 is 2.47 bits per heavy atom. The van der Waals surface area contributed by atoms with E-state index in [1.165, 1.54) is 6.08 Å². The van der Waals surface area contributed by atoms with Crippen molar-refractivity contribution in [1.82, 2.24) is 4.31 Å². The number of sulfonamides is 1. The molecule has 0 saturated carbocycles. The van der Waals surface area contributed by atoms with Crippen LogP contribution in [0, 0.1) is 0 Å². The van der Waals surface area contributed by atoms with Crippen molar-refractivity contribution in [3.05, 3.63) is 106 Å². The molecule has 0 heterocycles. The first-order valence-corrected chi connectivity index (χ1v) is 13.7. The molecule has 1 aliphatic carbocycles. The van der Waals surface area contributed by atoms with Crippen LogP contribution in [0.25, 0.3) is 11.1 Å². The van der Waals surface area contributed by atoms with E-state index < -0.39 is 32.8 Å². The molecule has 1 unspecified atom stereocenters. The van der Waals surface area contributed by atoms with Crippen molar-refractivity contribution in [2.75, 3.05) is 13.7 Å². The van der Waals surface area contributed by atoms with E-state index in [2.05, 4.69) is 0 Å². The first-order chi connectivity index (χ1) is 18.1. The lowest BCUT2D eigenvalue weighted by Gasteiger charge is -2.25. The number of hydrogen-bond acceptors (Lipinski definition) is 5. The number of aromatic hydroxyl groups is 1. The molecular formula is C28H24Cl2FNO5S. The van der Waals surface area contributed by atoms with Gasteiger partial charge in [0, 0.05) is 24.5 Å². The van der Waals surface area contributed by atoms with Gasteiger partial charge in [0.05, 0.1) is 17.7 Å². The summed E-state index contributed by atoms with van der Waals surface area (Å²) in [6, 6.07) is 16.8. The van der Waals surface area contributed by atoms with Crippen molar-refractivity contribution in [2.24, 2.45) is 0 Å². The maximum atomic E-state index is 13.9. The standard InChI is InChI=1S/C28H24Cl2FNO5S/c1-37-28(34)22-14-25(30)27(33)26(15-22)38(35,36)32(16-18-5-11-24(31)12-6-18)17-19-3-2-4-21(13-19)20-7-9-23(29)10-8-20/h2-11,13-15,24,33H,12,16-17H2,1H3. The van der Waals surface area contributed by atoms with Crippen LogP contribution in [0.5, 0.6) is 5.75 Å². The quantitative estimate of drug-likeness (QED) is 0.307. The molecule has 6 nitrogen and oxygen atoms in total. The summed E-state index contributed by atoms with van der Waals surface area (Å²) in [5.41, 5.74) is 2.88.